The minimum atomic E-state index is -0.217. The largest absolute Gasteiger partial charge is 0.336 e. The standard InChI is InChI=1S/C21H21N3O2S2/c1-15-8-10-17(11-9-15)22-19(25)12-24(2)20(26)14-28-21-23-18(13-27-21)16-6-4-3-5-7-16/h3-11,13H,12,14H2,1-2H3,(H,22,25). The van der Waals surface area contributed by atoms with E-state index in [0.717, 1.165) is 26.8 Å². The van der Waals surface area contributed by atoms with Crippen molar-refractivity contribution in [2.24, 2.45) is 0 Å². The number of aromatic nitrogens is 1. The first-order chi connectivity index (χ1) is 13.5. The summed E-state index contributed by atoms with van der Waals surface area (Å²) < 4.78 is 0.838. The third-order valence-corrected chi connectivity index (χ3v) is 6.02. The Morgan fingerprint density at radius 3 is 2.54 bits per heavy atom. The van der Waals surface area contributed by atoms with E-state index in [0.29, 0.717) is 0 Å². The van der Waals surface area contributed by atoms with Crippen molar-refractivity contribution in [3.05, 3.63) is 65.5 Å². The summed E-state index contributed by atoms with van der Waals surface area (Å²) in [7, 11) is 1.63. The van der Waals surface area contributed by atoms with E-state index in [1.165, 1.54) is 28.0 Å². The van der Waals surface area contributed by atoms with Gasteiger partial charge in [-0.3, -0.25) is 9.59 Å². The second kappa shape index (κ2) is 9.52. The van der Waals surface area contributed by atoms with E-state index in [-0.39, 0.29) is 24.1 Å². The number of likely N-dealkylation sites (N-methyl/N-ethyl adjacent to an activating group) is 1. The van der Waals surface area contributed by atoms with Gasteiger partial charge < -0.3 is 10.2 Å². The monoisotopic (exact) mass is 411 g/mol. The summed E-state index contributed by atoms with van der Waals surface area (Å²) in [6.45, 7) is 2.00. The first-order valence-electron chi connectivity index (χ1n) is 8.75. The van der Waals surface area contributed by atoms with Gasteiger partial charge in [0.05, 0.1) is 18.0 Å². The lowest BCUT2D eigenvalue weighted by molar-refractivity contribution is -0.131. The van der Waals surface area contributed by atoms with Crippen LogP contribution in [-0.4, -0.2) is 41.0 Å². The Hall–Kier alpha value is -2.64. The second-order valence-electron chi connectivity index (χ2n) is 6.32. The molecular formula is C21H21N3O2S2. The number of hydrogen-bond acceptors (Lipinski definition) is 5. The molecule has 0 aliphatic rings. The van der Waals surface area contributed by atoms with Crippen molar-refractivity contribution in [2.75, 3.05) is 24.7 Å². The third kappa shape index (κ3) is 5.68. The number of carbonyl (C=O) groups excluding carboxylic acids is 2. The Balaban J connectivity index is 1.47. The highest BCUT2D eigenvalue weighted by Gasteiger charge is 2.15. The smallest absolute Gasteiger partial charge is 0.243 e. The van der Waals surface area contributed by atoms with E-state index in [9.17, 15) is 9.59 Å². The van der Waals surface area contributed by atoms with Crippen molar-refractivity contribution in [3.63, 3.8) is 0 Å². The first kappa shape index (κ1) is 20.1. The van der Waals surface area contributed by atoms with Crippen molar-refractivity contribution in [1.29, 1.82) is 0 Å². The zero-order chi connectivity index (χ0) is 19.9. The zero-order valence-electron chi connectivity index (χ0n) is 15.7. The lowest BCUT2D eigenvalue weighted by atomic mass is 10.2. The number of thioether (sulfide) groups is 1. The van der Waals surface area contributed by atoms with Crippen LogP contribution in [0.2, 0.25) is 0 Å². The van der Waals surface area contributed by atoms with Crippen LogP contribution in [0.15, 0.2) is 64.3 Å². The van der Waals surface area contributed by atoms with Gasteiger partial charge in [-0.1, -0.05) is 59.8 Å². The number of amides is 2. The van der Waals surface area contributed by atoms with E-state index in [4.69, 9.17) is 0 Å². The summed E-state index contributed by atoms with van der Waals surface area (Å²) >= 11 is 2.91. The minimum absolute atomic E-state index is 0.0143. The number of aryl methyl sites for hydroxylation is 1. The summed E-state index contributed by atoms with van der Waals surface area (Å²) in [5, 5.41) is 4.79. The van der Waals surface area contributed by atoms with Crippen molar-refractivity contribution < 1.29 is 9.59 Å². The Morgan fingerprint density at radius 1 is 1.11 bits per heavy atom. The molecule has 0 fully saturated rings. The van der Waals surface area contributed by atoms with Crippen LogP contribution in [0.5, 0.6) is 0 Å². The maximum atomic E-state index is 12.3. The molecule has 1 aromatic heterocycles. The summed E-state index contributed by atoms with van der Waals surface area (Å²) in [4.78, 5) is 30.5. The van der Waals surface area contributed by atoms with Crippen LogP contribution in [-0.2, 0) is 9.59 Å². The molecule has 2 amide bonds. The molecular weight excluding hydrogens is 390 g/mol. The second-order valence-corrected chi connectivity index (χ2v) is 8.40. The predicted octanol–water partition coefficient (Wildman–Crippen LogP) is 4.31. The van der Waals surface area contributed by atoms with Crippen LogP contribution in [0.25, 0.3) is 11.3 Å². The quantitative estimate of drug-likeness (QED) is 0.589. The van der Waals surface area contributed by atoms with Crippen molar-refractivity contribution >= 4 is 40.6 Å². The number of nitrogens with one attached hydrogen (secondary N) is 1. The molecule has 1 heterocycles. The van der Waals surface area contributed by atoms with Crippen molar-refractivity contribution in [1.82, 2.24) is 9.88 Å². The molecule has 0 saturated heterocycles. The number of benzene rings is 2. The van der Waals surface area contributed by atoms with Crippen LogP contribution in [0, 0.1) is 6.92 Å². The highest BCUT2D eigenvalue weighted by Crippen LogP contribution is 2.28. The molecule has 144 valence electrons. The number of carbonyl (C=O) groups is 2. The summed E-state index contributed by atoms with van der Waals surface area (Å²) in [6.07, 6.45) is 0. The molecule has 0 saturated carbocycles. The van der Waals surface area contributed by atoms with E-state index in [1.807, 2.05) is 66.9 Å². The maximum Gasteiger partial charge on any atom is 0.243 e. The van der Waals surface area contributed by atoms with E-state index in [2.05, 4.69) is 10.3 Å². The molecule has 0 spiro atoms. The Morgan fingerprint density at radius 2 is 1.82 bits per heavy atom. The molecule has 3 aromatic rings. The number of nitrogens with zero attached hydrogens (tertiary/aromatic N) is 2. The molecule has 7 heteroatoms. The van der Waals surface area contributed by atoms with Gasteiger partial charge in [-0.05, 0) is 19.1 Å². The van der Waals surface area contributed by atoms with Crippen LogP contribution >= 0.6 is 23.1 Å². The fraction of sp³-hybridized carbons (Fsp3) is 0.190. The number of hydrogen-bond donors (Lipinski definition) is 1. The molecule has 0 bridgehead atoms. The average Bonchev–Trinajstić information content (AvgIpc) is 3.17. The van der Waals surface area contributed by atoms with E-state index >= 15 is 0 Å². The van der Waals surface area contributed by atoms with Crippen LogP contribution in [0.4, 0.5) is 5.69 Å². The van der Waals surface area contributed by atoms with Crippen LogP contribution in [0.1, 0.15) is 5.56 Å². The normalized spacial score (nSPS) is 10.5. The lowest BCUT2D eigenvalue weighted by Gasteiger charge is -2.16. The molecule has 0 unspecified atom stereocenters. The van der Waals surface area contributed by atoms with E-state index in [1.54, 1.807) is 7.05 Å². The predicted molar refractivity (Wildman–Crippen MR) is 116 cm³/mol. The Bertz CT molecular complexity index is 940. The fourth-order valence-corrected chi connectivity index (χ4v) is 4.22. The summed E-state index contributed by atoms with van der Waals surface area (Å²) in [6, 6.07) is 17.5. The van der Waals surface area contributed by atoms with Gasteiger partial charge in [-0.25, -0.2) is 4.98 Å². The fourth-order valence-electron chi connectivity index (χ4n) is 2.44. The highest BCUT2D eigenvalue weighted by atomic mass is 32.2. The van der Waals surface area contributed by atoms with Gasteiger partial charge in [0, 0.05) is 23.7 Å². The topological polar surface area (TPSA) is 62.3 Å². The van der Waals surface area contributed by atoms with E-state index < -0.39 is 0 Å². The van der Waals surface area contributed by atoms with Gasteiger partial charge in [-0.15, -0.1) is 11.3 Å². The zero-order valence-corrected chi connectivity index (χ0v) is 17.3. The highest BCUT2D eigenvalue weighted by molar-refractivity contribution is 8.01. The molecule has 0 aliphatic carbocycles. The van der Waals surface area contributed by atoms with Gasteiger partial charge in [0.25, 0.3) is 0 Å². The Kier molecular flexibility index (Phi) is 6.84. The van der Waals surface area contributed by atoms with Gasteiger partial charge in [0.2, 0.25) is 11.8 Å². The maximum absolute atomic E-state index is 12.3. The van der Waals surface area contributed by atoms with Gasteiger partial charge >= 0.3 is 0 Å². The third-order valence-electron chi connectivity index (χ3n) is 4.01. The van der Waals surface area contributed by atoms with Crippen LogP contribution in [0.3, 0.4) is 0 Å². The number of thiazole rings is 1. The molecule has 0 radical (unpaired) electrons. The van der Waals surface area contributed by atoms with Crippen LogP contribution < -0.4 is 5.32 Å². The number of anilines is 1. The number of rotatable bonds is 7. The molecule has 3 rings (SSSR count). The average molecular weight is 412 g/mol. The van der Waals surface area contributed by atoms with Gasteiger partial charge in [0.15, 0.2) is 4.34 Å². The molecule has 0 atom stereocenters. The SMILES string of the molecule is Cc1ccc(NC(=O)CN(C)C(=O)CSc2nc(-c3ccccc3)cs2)cc1. The van der Waals surface area contributed by atoms with Gasteiger partial charge in [0.1, 0.15) is 0 Å². The first-order valence-corrected chi connectivity index (χ1v) is 10.6. The van der Waals surface area contributed by atoms with Crippen molar-refractivity contribution in [3.8, 4) is 11.3 Å². The molecule has 0 aliphatic heterocycles. The molecule has 28 heavy (non-hydrogen) atoms. The molecule has 2 aromatic carbocycles. The summed E-state index contributed by atoms with van der Waals surface area (Å²) in [5.41, 5.74) is 3.81. The molecule has 5 nitrogen and oxygen atoms in total. The van der Waals surface area contributed by atoms with Crippen molar-refractivity contribution in [2.45, 2.75) is 11.3 Å². The van der Waals surface area contributed by atoms with Gasteiger partial charge in [-0.2, -0.15) is 0 Å². The minimum Gasteiger partial charge on any atom is -0.336 e. The Labute approximate surface area is 172 Å². The lowest BCUT2D eigenvalue weighted by Crippen LogP contribution is -2.35. The summed E-state index contributed by atoms with van der Waals surface area (Å²) in [5.74, 6) is -0.0818. The molecule has 1 N–H and O–H groups in total.